The molecule has 0 unspecified atom stereocenters. The lowest BCUT2D eigenvalue weighted by atomic mass is 10.1. The first-order chi connectivity index (χ1) is 11.1. The van der Waals surface area contributed by atoms with Crippen LogP contribution in [0.25, 0.3) is 0 Å². The summed E-state index contributed by atoms with van der Waals surface area (Å²) in [7, 11) is 0. The van der Waals surface area contributed by atoms with E-state index < -0.39 is 0 Å². The van der Waals surface area contributed by atoms with Crippen LogP contribution in [0.3, 0.4) is 0 Å². The molecule has 0 saturated heterocycles. The molecule has 1 aromatic carbocycles. The quantitative estimate of drug-likeness (QED) is 0.747. The number of anilines is 1. The Labute approximate surface area is 143 Å². The van der Waals surface area contributed by atoms with Gasteiger partial charge in [-0.25, -0.2) is 0 Å². The summed E-state index contributed by atoms with van der Waals surface area (Å²) >= 11 is 0. The fourth-order valence-corrected chi connectivity index (χ4v) is 1.98. The molecule has 24 heavy (non-hydrogen) atoms. The van der Waals surface area contributed by atoms with Gasteiger partial charge in [-0.05, 0) is 58.9 Å². The molecule has 0 aliphatic carbocycles. The summed E-state index contributed by atoms with van der Waals surface area (Å²) in [5.74, 6) is -0.543. The van der Waals surface area contributed by atoms with Gasteiger partial charge in [0.05, 0.1) is 0 Å². The Hall–Kier alpha value is -2.37. The summed E-state index contributed by atoms with van der Waals surface area (Å²) in [6, 6.07) is 6.71. The lowest BCUT2D eigenvalue weighted by Gasteiger charge is -2.20. The third-order valence-electron chi connectivity index (χ3n) is 2.94. The van der Waals surface area contributed by atoms with Gasteiger partial charge in [-0.1, -0.05) is 0 Å². The summed E-state index contributed by atoms with van der Waals surface area (Å²) in [4.78, 5) is 35.4. The van der Waals surface area contributed by atoms with Crippen LogP contribution >= 0.6 is 0 Å². The second kappa shape index (κ2) is 8.47. The zero-order valence-corrected chi connectivity index (χ0v) is 15.0. The van der Waals surface area contributed by atoms with E-state index in [9.17, 15) is 14.4 Å². The van der Waals surface area contributed by atoms with E-state index in [2.05, 4.69) is 16.0 Å². The summed E-state index contributed by atoms with van der Waals surface area (Å²) < 4.78 is 0. The van der Waals surface area contributed by atoms with Gasteiger partial charge in [-0.3, -0.25) is 14.4 Å². The lowest BCUT2D eigenvalue weighted by Crippen LogP contribution is -2.40. The average Bonchev–Trinajstić information content (AvgIpc) is 2.43. The molecular formula is C18H27N3O3. The van der Waals surface area contributed by atoms with Crippen molar-refractivity contribution >= 4 is 23.4 Å². The average molecular weight is 333 g/mol. The summed E-state index contributed by atoms with van der Waals surface area (Å²) in [6.45, 7) is 9.45. The Morgan fingerprint density at radius 1 is 0.958 bits per heavy atom. The predicted molar refractivity (Wildman–Crippen MR) is 94.8 cm³/mol. The lowest BCUT2D eigenvalue weighted by molar-refractivity contribution is -0.125. The minimum atomic E-state index is -0.306. The number of amides is 3. The van der Waals surface area contributed by atoms with Crippen molar-refractivity contribution in [3.63, 3.8) is 0 Å². The third-order valence-corrected chi connectivity index (χ3v) is 2.94. The van der Waals surface area contributed by atoms with Gasteiger partial charge in [0.1, 0.15) is 0 Å². The van der Waals surface area contributed by atoms with Crippen molar-refractivity contribution in [2.45, 2.75) is 59.0 Å². The highest BCUT2D eigenvalue weighted by atomic mass is 16.2. The van der Waals surface area contributed by atoms with E-state index in [0.717, 1.165) is 0 Å². The molecule has 0 heterocycles. The standard InChI is InChI=1S/C18H27N3O3/c1-12(2)19-17(24)13-6-8-14(9-7-13)20-15(22)10-11-16(23)21-18(3,4)5/h6-9,12H,10-11H2,1-5H3,(H,19,24)(H,20,22)(H,21,23). The van der Waals surface area contributed by atoms with Crippen LogP contribution in [0.15, 0.2) is 24.3 Å². The zero-order chi connectivity index (χ0) is 18.3. The minimum absolute atomic E-state index is 0.0659. The van der Waals surface area contributed by atoms with Gasteiger partial charge in [-0.15, -0.1) is 0 Å². The highest BCUT2D eigenvalue weighted by Gasteiger charge is 2.15. The van der Waals surface area contributed by atoms with Crippen molar-refractivity contribution in [2.24, 2.45) is 0 Å². The zero-order valence-electron chi connectivity index (χ0n) is 15.0. The van der Waals surface area contributed by atoms with Gasteiger partial charge in [0.2, 0.25) is 11.8 Å². The van der Waals surface area contributed by atoms with E-state index in [0.29, 0.717) is 11.3 Å². The molecule has 0 spiro atoms. The number of benzene rings is 1. The second-order valence-electron chi connectivity index (χ2n) is 7.05. The molecule has 6 heteroatoms. The monoisotopic (exact) mass is 333 g/mol. The van der Waals surface area contributed by atoms with Gasteiger partial charge < -0.3 is 16.0 Å². The van der Waals surface area contributed by atoms with E-state index >= 15 is 0 Å². The molecule has 3 N–H and O–H groups in total. The Bertz CT molecular complexity index is 587. The molecule has 0 bridgehead atoms. The normalized spacial score (nSPS) is 11.1. The van der Waals surface area contributed by atoms with Gasteiger partial charge in [0.15, 0.2) is 0 Å². The molecule has 132 valence electrons. The molecule has 0 radical (unpaired) electrons. The summed E-state index contributed by atoms with van der Waals surface area (Å²) in [5.41, 5.74) is 0.823. The molecule has 0 fully saturated rings. The van der Waals surface area contributed by atoms with Crippen molar-refractivity contribution in [3.05, 3.63) is 29.8 Å². The Kier molecular flexibility index (Phi) is 6.95. The van der Waals surface area contributed by atoms with Crippen molar-refractivity contribution in [3.8, 4) is 0 Å². The Morgan fingerprint density at radius 2 is 1.50 bits per heavy atom. The number of carbonyl (C=O) groups excluding carboxylic acids is 3. The Morgan fingerprint density at radius 3 is 2.00 bits per heavy atom. The van der Waals surface area contributed by atoms with Crippen molar-refractivity contribution in [1.82, 2.24) is 10.6 Å². The molecule has 0 saturated carbocycles. The summed E-state index contributed by atoms with van der Waals surface area (Å²) in [5, 5.41) is 8.33. The van der Waals surface area contributed by atoms with Crippen LogP contribution in [0.5, 0.6) is 0 Å². The highest BCUT2D eigenvalue weighted by molar-refractivity contribution is 5.96. The van der Waals surface area contributed by atoms with Crippen molar-refractivity contribution < 1.29 is 14.4 Å². The number of carbonyl (C=O) groups is 3. The second-order valence-corrected chi connectivity index (χ2v) is 7.05. The van der Waals surface area contributed by atoms with E-state index in [1.807, 2.05) is 34.6 Å². The molecule has 1 rings (SSSR count). The van der Waals surface area contributed by atoms with E-state index in [-0.39, 0.29) is 42.1 Å². The third kappa shape index (κ3) is 7.76. The minimum Gasteiger partial charge on any atom is -0.351 e. The van der Waals surface area contributed by atoms with E-state index in [1.54, 1.807) is 24.3 Å². The van der Waals surface area contributed by atoms with Crippen molar-refractivity contribution in [1.29, 1.82) is 0 Å². The van der Waals surface area contributed by atoms with Gasteiger partial charge in [0, 0.05) is 35.7 Å². The molecule has 1 aromatic rings. The van der Waals surface area contributed by atoms with Crippen LogP contribution in [-0.4, -0.2) is 29.3 Å². The number of hydrogen-bond acceptors (Lipinski definition) is 3. The SMILES string of the molecule is CC(C)NC(=O)c1ccc(NC(=O)CCC(=O)NC(C)(C)C)cc1. The first-order valence-electron chi connectivity index (χ1n) is 8.08. The molecule has 0 aliphatic rings. The van der Waals surface area contributed by atoms with Gasteiger partial charge in [-0.2, -0.15) is 0 Å². The maximum absolute atomic E-state index is 11.9. The van der Waals surface area contributed by atoms with Crippen LogP contribution in [0.1, 0.15) is 57.8 Å². The molecule has 6 nitrogen and oxygen atoms in total. The Balaban J connectivity index is 2.47. The maximum atomic E-state index is 11.9. The number of nitrogens with one attached hydrogen (secondary N) is 3. The van der Waals surface area contributed by atoms with Crippen LogP contribution in [0.4, 0.5) is 5.69 Å². The van der Waals surface area contributed by atoms with Crippen molar-refractivity contribution in [2.75, 3.05) is 5.32 Å². The molecule has 3 amide bonds. The maximum Gasteiger partial charge on any atom is 0.251 e. The van der Waals surface area contributed by atoms with Crippen LogP contribution in [-0.2, 0) is 9.59 Å². The van der Waals surface area contributed by atoms with Crippen LogP contribution in [0.2, 0.25) is 0 Å². The van der Waals surface area contributed by atoms with Gasteiger partial charge >= 0.3 is 0 Å². The molecule has 0 atom stereocenters. The topological polar surface area (TPSA) is 87.3 Å². The fraction of sp³-hybridized carbons (Fsp3) is 0.500. The van der Waals surface area contributed by atoms with Crippen LogP contribution in [0, 0.1) is 0 Å². The smallest absolute Gasteiger partial charge is 0.251 e. The summed E-state index contributed by atoms with van der Waals surface area (Å²) in [6.07, 6.45) is 0.246. The van der Waals surface area contributed by atoms with Gasteiger partial charge in [0.25, 0.3) is 5.91 Å². The molecule has 0 aromatic heterocycles. The number of rotatable bonds is 6. The van der Waals surface area contributed by atoms with Crippen LogP contribution < -0.4 is 16.0 Å². The highest BCUT2D eigenvalue weighted by Crippen LogP contribution is 2.11. The molecular weight excluding hydrogens is 306 g/mol. The molecule has 0 aliphatic heterocycles. The van der Waals surface area contributed by atoms with E-state index in [1.165, 1.54) is 0 Å². The first-order valence-corrected chi connectivity index (χ1v) is 8.08. The van der Waals surface area contributed by atoms with E-state index in [4.69, 9.17) is 0 Å². The number of hydrogen-bond donors (Lipinski definition) is 3. The largest absolute Gasteiger partial charge is 0.351 e. The fourth-order valence-electron chi connectivity index (χ4n) is 1.98. The first kappa shape index (κ1) is 19.7. The predicted octanol–water partition coefficient (Wildman–Crippen LogP) is 2.46.